The van der Waals surface area contributed by atoms with Gasteiger partial charge in [-0.15, -0.1) is 0 Å². The van der Waals surface area contributed by atoms with E-state index in [0.717, 1.165) is 13.0 Å². The van der Waals surface area contributed by atoms with Crippen LogP contribution in [0.15, 0.2) is 0 Å². The van der Waals surface area contributed by atoms with Gasteiger partial charge in [0.1, 0.15) is 0 Å². The van der Waals surface area contributed by atoms with E-state index < -0.39 is 10.0 Å². The van der Waals surface area contributed by atoms with Crippen LogP contribution in [-0.2, 0) is 8.85 Å². The van der Waals surface area contributed by atoms with Crippen LogP contribution < -0.4 is 0 Å². The Morgan fingerprint density at radius 3 is 2.75 bits per heavy atom. The molecule has 0 aliphatic rings. The smallest absolute Gasteiger partial charge is 0.304 e. The Morgan fingerprint density at radius 1 is 1.50 bits per heavy atom. The van der Waals surface area contributed by atoms with Gasteiger partial charge < -0.3 is 8.85 Å². The van der Waals surface area contributed by atoms with Crippen molar-refractivity contribution in [3.63, 3.8) is 0 Å². The molecule has 0 saturated carbocycles. The standard InChI is InChI=1S/C5H14O2Si/c1-3-4-5-7-8-6-2/h3-5,8H2,1-2H3. The summed E-state index contributed by atoms with van der Waals surface area (Å²) >= 11 is 0. The molecule has 0 aliphatic carbocycles. The Morgan fingerprint density at radius 2 is 2.25 bits per heavy atom. The highest BCUT2D eigenvalue weighted by molar-refractivity contribution is 6.17. The lowest BCUT2D eigenvalue weighted by Crippen LogP contribution is -2.01. The molecule has 0 radical (unpaired) electrons. The van der Waals surface area contributed by atoms with E-state index in [4.69, 9.17) is 8.85 Å². The zero-order chi connectivity index (χ0) is 6.24. The predicted octanol–water partition coefficient (Wildman–Crippen LogP) is 0.448. The minimum Gasteiger partial charge on any atom is -0.402 e. The lowest BCUT2D eigenvalue weighted by Gasteiger charge is -1.97. The zero-order valence-corrected chi connectivity index (χ0v) is 7.06. The molecule has 0 aliphatic heterocycles. The fraction of sp³-hybridized carbons (Fsp3) is 1.00. The first kappa shape index (κ1) is 8.14. The van der Waals surface area contributed by atoms with Gasteiger partial charge in [0.05, 0.1) is 0 Å². The van der Waals surface area contributed by atoms with E-state index >= 15 is 0 Å². The van der Waals surface area contributed by atoms with E-state index in [-0.39, 0.29) is 0 Å². The summed E-state index contributed by atoms with van der Waals surface area (Å²) in [6, 6.07) is 0. The van der Waals surface area contributed by atoms with Gasteiger partial charge in [-0.25, -0.2) is 0 Å². The average molecular weight is 134 g/mol. The summed E-state index contributed by atoms with van der Waals surface area (Å²) in [5.41, 5.74) is 0. The normalized spacial score (nSPS) is 11.2. The first-order chi connectivity index (χ1) is 3.91. The molecule has 0 atom stereocenters. The minimum atomic E-state index is -0.599. The fourth-order valence-electron chi connectivity index (χ4n) is 0.389. The van der Waals surface area contributed by atoms with Gasteiger partial charge >= 0.3 is 10.0 Å². The van der Waals surface area contributed by atoms with E-state index in [2.05, 4.69) is 6.92 Å². The second-order valence-corrected chi connectivity index (χ2v) is 2.89. The third-order valence-corrected chi connectivity index (χ3v) is 1.53. The summed E-state index contributed by atoms with van der Waals surface area (Å²) in [5, 5.41) is 0. The van der Waals surface area contributed by atoms with Crippen LogP contribution in [0.4, 0.5) is 0 Å². The fourth-order valence-corrected chi connectivity index (χ4v) is 0.877. The first-order valence-electron chi connectivity index (χ1n) is 2.98. The molecular weight excluding hydrogens is 120 g/mol. The molecule has 8 heavy (non-hydrogen) atoms. The number of rotatable bonds is 5. The van der Waals surface area contributed by atoms with Crippen molar-refractivity contribution in [1.29, 1.82) is 0 Å². The van der Waals surface area contributed by atoms with Gasteiger partial charge in [0, 0.05) is 13.7 Å². The maximum absolute atomic E-state index is 5.14. The highest BCUT2D eigenvalue weighted by atomic mass is 28.3. The molecule has 0 saturated heterocycles. The van der Waals surface area contributed by atoms with E-state index in [9.17, 15) is 0 Å². The molecular formula is C5H14O2Si. The molecule has 0 unspecified atom stereocenters. The largest absolute Gasteiger partial charge is 0.402 e. The van der Waals surface area contributed by atoms with Gasteiger partial charge in [-0.2, -0.15) is 0 Å². The molecule has 0 amide bonds. The monoisotopic (exact) mass is 134 g/mol. The molecule has 3 heteroatoms. The Labute approximate surface area is 53.2 Å². The molecule has 0 heterocycles. The van der Waals surface area contributed by atoms with Crippen molar-refractivity contribution < 1.29 is 8.85 Å². The van der Waals surface area contributed by atoms with Crippen molar-refractivity contribution in [1.82, 2.24) is 0 Å². The Kier molecular flexibility index (Phi) is 7.26. The molecule has 0 aromatic rings. The molecule has 0 aromatic carbocycles. The SMILES string of the molecule is CCCCO[SiH2]OC. The molecule has 0 aromatic heterocycles. The molecule has 0 fully saturated rings. The molecule has 0 rings (SSSR count). The van der Waals surface area contributed by atoms with Gasteiger partial charge in [-0.1, -0.05) is 13.3 Å². The minimum absolute atomic E-state index is 0.599. The van der Waals surface area contributed by atoms with Crippen molar-refractivity contribution in [3.8, 4) is 0 Å². The van der Waals surface area contributed by atoms with Gasteiger partial charge in [0.2, 0.25) is 0 Å². The van der Waals surface area contributed by atoms with Crippen LogP contribution in [0.3, 0.4) is 0 Å². The van der Waals surface area contributed by atoms with Crippen LogP contribution in [0.5, 0.6) is 0 Å². The van der Waals surface area contributed by atoms with Crippen molar-refractivity contribution in [2.75, 3.05) is 13.7 Å². The van der Waals surface area contributed by atoms with Crippen molar-refractivity contribution in [2.45, 2.75) is 19.8 Å². The number of unbranched alkanes of at least 4 members (excludes halogenated alkanes) is 1. The second kappa shape index (κ2) is 7.14. The van der Waals surface area contributed by atoms with Crippen LogP contribution in [0, 0.1) is 0 Å². The van der Waals surface area contributed by atoms with Crippen LogP contribution in [0.25, 0.3) is 0 Å². The third kappa shape index (κ3) is 6.14. The maximum Gasteiger partial charge on any atom is 0.304 e. The first-order valence-corrected chi connectivity index (χ1v) is 4.14. The van der Waals surface area contributed by atoms with Gasteiger partial charge in [-0.3, -0.25) is 0 Å². The number of hydrogen-bond acceptors (Lipinski definition) is 2. The second-order valence-electron chi connectivity index (χ2n) is 1.67. The van der Waals surface area contributed by atoms with Crippen LogP contribution in [-0.4, -0.2) is 23.7 Å². The highest BCUT2D eigenvalue weighted by Gasteiger charge is 1.83. The Bertz CT molecular complexity index is 35.4. The maximum atomic E-state index is 5.14. The molecule has 0 bridgehead atoms. The summed E-state index contributed by atoms with van der Waals surface area (Å²) < 4.78 is 9.94. The van der Waals surface area contributed by atoms with Crippen LogP contribution in [0.1, 0.15) is 19.8 Å². The lowest BCUT2D eigenvalue weighted by molar-refractivity contribution is 0.251. The summed E-state index contributed by atoms with van der Waals surface area (Å²) in [5.74, 6) is 0. The molecule has 0 N–H and O–H groups in total. The zero-order valence-electron chi connectivity index (χ0n) is 5.64. The predicted molar refractivity (Wildman–Crippen MR) is 36.4 cm³/mol. The summed E-state index contributed by atoms with van der Waals surface area (Å²) in [4.78, 5) is 0. The quantitative estimate of drug-likeness (QED) is 0.401. The average Bonchev–Trinajstić information content (AvgIpc) is 1.81. The van der Waals surface area contributed by atoms with Crippen molar-refractivity contribution in [3.05, 3.63) is 0 Å². The molecule has 0 spiro atoms. The molecule has 2 nitrogen and oxygen atoms in total. The van der Waals surface area contributed by atoms with Crippen molar-refractivity contribution >= 4 is 10.0 Å². The van der Waals surface area contributed by atoms with Crippen LogP contribution >= 0.6 is 0 Å². The van der Waals surface area contributed by atoms with E-state index in [0.29, 0.717) is 0 Å². The van der Waals surface area contributed by atoms with Crippen molar-refractivity contribution in [2.24, 2.45) is 0 Å². The summed E-state index contributed by atoms with van der Waals surface area (Å²) in [7, 11) is 1.09. The lowest BCUT2D eigenvalue weighted by atomic mass is 10.4. The van der Waals surface area contributed by atoms with Crippen LogP contribution in [0.2, 0.25) is 0 Å². The number of hydrogen-bond donors (Lipinski definition) is 0. The third-order valence-electron chi connectivity index (χ3n) is 0.843. The van der Waals surface area contributed by atoms with E-state index in [1.54, 1.807) is 7.11 Å². The van der Waals surface area contributed by atoms with Gasteiger partial charge in [0.15, 0.2) is 0 Å². The van der Waals surface area contributed by atoms with Gasteiger partial charge in [-0.05, 0) is 6.42 Å². The molecule has 50 valence electrons. The van der Waals surface area contributed by atoms with E-state index in [1.807, 2.05) is 0 Å². The summed E-state index contributed by atoms with van der Waals surface area (Å²) in [6.45, 7) is 3.04. The van der Waals surface area contributed by atoms with E-state index in [1.165, 1.54) is 6.42 Å². The van der Waals surface area contributed by atoms with Gasteiger partial charge in [0.25, 0.3) is 0 Å². The summed E-state index contributed by atoms with van der Waals surface area (Å²) in [6.07, 6.45) is 2.37. The highest BCUT2D eigenvalue weighted by Crippen LogP contribution is 1.85. The Balaban J connectivity index is 2.53. The Hall–Kier alpha value is 0.137. The topological polar surface area (TPSA) is 18.5 Å².